The fourth-order valence-corrected chi connectivity index (χ4v) is 2.14. The maximum Gasteiger partial charge on any atom is 0.315 e. The van der Waals surface area contributed by atoms with Gasteiger partial charge in [0.05, 0.1) is 6.42 Å². The van der Waals surface area contributed by atoms with E-state index >= 15 is 0 Å². The molecule has 0 radical (unpaired) electrons. The molecular weight excluding hydrogens is 258 g/mol. The number of amides is 2. The molecule has 0 aromatic heterocycles. The van der Waals surface area contributed by atoms with Gasteiger partial charge in [-0.05, 0) is 40.3 Å². The van der Waals surface area contributed by atoms with E-state index in [0.717, 1.165) is 13.0 Å². The first-order valence-corrected chi connectivity index (χ1v) is 6.97. The molecule has 0 aliphatic carbocycles. The summed E-state index contributed by atoms with van der Waals surface area (Å²) in [6, 6.07) is -0.269. The summed E-state index contributed by atoms with van der Waals surface area (Å²) >= 11 is 0. The third kappa shape index (κ3) is 9.61. The lowest BCUT2D eigenvalue weighted by molar-refractivity contribution is -0.138. The van der Waals surface area contributed by atoms with Gasteiger partial charge in [-0.2, -0.15) is 0 Å². The van der Waals surface area contributed by atoms with Crippen LogP contribution < -0.4 is 10.6 Å². The zero-order valence-corrected chi connectivity index (χ0v) is 13.5. The molecule has 3 N–H and O–H groups in total. The van der Waals surface area contributed by atoms with Crippen LogP contribution >= 0.6 is 0 Å². The van der Waals surface area contributed by atoms with Crippen LogP contribution in [0.4, 0.5) is 4.79 Å². The summed E-state index contributed by atoms with van der Waals surface area (Å²) in [5, 5.41) is 14.4. The van der Waals surface area contributed by atoms with Crippen molar-refractivity contribution in [3.63, 3.8) is 0 Å². The molecule has 0 saturated heterocycles. The van der Waals surface area contributed by atoms with E-state index in [0.29, 0.717) is 5.92 Å². The van der Waals surface area contributed by atoms with Gasteiger partial charge in [-0.3, -0.25) is 4.79 Å². The van der Waals surface area contributed by atoms with E-state index in [1.807, 2.05) is 19.0 Å². The van der Waals surface area contributed by atoms with E-state index in [2.05, 4.69) is 24.5 Å². The average molecular weight is 287 g/mol. The maximum absolute atomic E-state index is 12.0. The zero-order valence-electron chi connectivity index (χ0n) is 13.5. The van der Waals surface area contributed by atoms with Gasteiger partial charge in [-0.25, -0.2) is 4.79 Å². The van der Waals surface area contributed by atoms with Crippen LogP contribution in [0, 0.1) is 5.92 Å². The van der Waals surface area contributed by atoms with E-state index < -0.39 is 11.5 Å². The lowest BCUT2D eigenvalue weighted by Crippen LogP contribution is -2.53. The van der Waals surface area contributed by atoms with Crippen molar-refractivity contribution in [3.8, 4) is 0 Å². The number of carbonyl (C=O) groups excluding carboxylic acids is 1. The zero-order chi connectivity index (χ0) is 15.9. The van der Waals surface area contributed by atoms with Crippen LogP contribution in [0.3, 0.4) is 0 Å². The summed E-state index contributed by atoms with van der Waals surface area (Å²) in [5.41, 5.74) is -0.767. The van der Waals surface area contributed by atoms with Gasteiger partial charge in [-0.1, -0.05) is 13.8 Å². The molecule has 6 heteroatoms. The smallest absolute Gasteiger partial charge is 0.315 e. The lowest BCUT2D eigenvalue weighted by Gasteiger charge is -2.28. The Balaban J connectivity index is 4.47. The highest BCUT2D eigenvalue weighted by atomic mass is 16.4. The van der Waals surface area contributed by atoms with Crippen molar-refractivity contribution in [2.24, 2.45) is 5.92 Å². The molecule has 0 saturated carbocycles. The van der Waals surface area contributed by atoms with Gasteiger partial charge in [0.1, 0.15) is 0 Å². The number of nitrogens with one attached hydrogen (secondary N) is 2. The molecule has 2 amide bonds. The highest BCUT2D eigenvalue weighted by molar-refractivity contribution is 5.76. The Morgan fingerprint density at radius 3 is 2.20 bits per heavy atom. The third-order valence-corrected chi connectivity index (χ3v) is 2.72. The number of likely N-dealkylation sites (N-methyl/N-ethyl adjacent to an activating group) is 1. The van der Waals surface area contributed by atoms with E-state index in [-0.39, 0.29) is 18.5 Å². The summed E-state index contributed by atoms with van der Waals surface area (Å²) in [6.45, 7) is 8.37. The van der Waals surface area contributed by atoms with Crippen molar-refractivity contribution in [1.29, 1.82) is 0 Å². The Kier molecular flexibility index (Phi) is 7.57. The van der Waals surface area contributed by atoms with Gasteiger partial charge in [0.15, 0.2) is 0 Å². The number of aliphatic carboxylic acids is 1. The fourth-order valence-electron chi connectivity index (χ4n) is 2.14. The first kappa shape index (κ1) is 18.7. The molecule has 0 aliphatic heterocycles. The number of hydrogen-bond acceptors (Lipinski definition) is 3. The Hall–Kier alpha value is -1.30. The Bertz CT molecular complexity index is 318. The Labute approximate surface area is 121 Å². The molecule has 1 unspecified atom stereocenters. The minimum Gasteiger partial charge on any atom is -0.481 e. The molecule has 0 rings (SSSR count). The molecule has 20 heavy (non-hydrogen) atoms. The van der Waals surface area contributed by atoms with Crippen LogP contribution in [0.5, 0.6) is 0 Å². The van der Waals surface area contributed by atoms with Crippen molar-refractivity contribution >= 4 is 12.0 Å². The predicted molar refractivity (Wildman–Crippen MR) is 79.8 cm³/mol. The summed E-state index contributed by atoms with van der Waals surface area (Å²) in [6.07, 6.45) is 0.772. The van der Waals surface area contributed by atoms with E-state index in [1.165, 1.54) is 0 Å². The molecule has 0 fully saturated rings. The topological polar surface area (TPSA) is 81.7 Å². The van der Waals surface area contributed by atoms with Crippen LogP contribution in [0.25, 0.3) is 0 Å². The van der Waals surface area contributed by atoms with Crippen LogP contribution in [-0.2, 0) is 4.79 Å². The molecule has 6 nitrogen and oxygen atoms in total. The number of rotatable bonds is 8. The summed E-state index contributed by atoms with van der Waals surface area (Å²) < 4.78 is 0. The van der Waals surface area contributed by atoms with Gasteiger partial charge >= 0.3 is 12.0 Å². The minimum atomic E-state index is -0.928. The van der Waals surface area contributed by atoms with Gasteiger partial charge in [0.2, 0.25) is 0 Å². The molecule has 0 bridgehead atoms. The van der Waals surface area contributed by atoms with Crippen LogP contribution in [0.15, 0.2) is 0 Å². The van der Waals surface area contributed by atoms with Crippen LogP contribution in [-0.4, -0.2) is 54.2 Å². The maximum atomic E-state index is 12.0. The van der Waals surface area contributed by atoms with E-state index in [4.69, 9.17) is 5.11 Å². The lowest BCUT2D eigenvalue weighted by atomic mass is 10.0. The molecule has 0 aromatic carbocycles. The number of carboxylic acid groups (broad SMARTS) is 1. The number of hydrogen-bond donors (Lipinski definition) is 3. The van der Waals surface area contributed by atoms with Gasteiger partial charge in [-0.15, -0.1) is 0 Å². The molecule has 0 aliphatic rings. The number of nitrogens with zero attached hydrogens (tertiary/aromatic N) is 1. The molecule has 0 aromatic rings. The quantitative estimate of drug-likeness (QED) is 0.632. The standard InChI is InChI=1S/C14H29N3O3/c1-10(2)7-11(9-17(5)6)15-13(20)16-14(3,4)8-12(18)19/h10-11H,7-9H2,1-6H3,(H,18,19)(H2,15,16,20). The van der Waals surface area contributed by atoms with Gasteiger partial charge in [0.25, 0.3) is 0 Å². The second kappa shape index (κ2) is 8.09. The SMILES string of the molecule is CC(C)CC(CN(C)C)NC(=O)NC(C)(C)CC(=O)O. The monoisotopic (exact) mass is 287 g/mol. The number of carboxylic acids is 1. The van der Waals surface area contributed by atoms with Gasteiger partial charge in [0, 0.05) is 18.1 Å². The van der Waals surface area contributed by atoms with E-state index in [1.54, 1.807) is 13.8 Å². The molecule has 0 spiro atoms. The van der Waals surface area contributed by atoms with Crippen molar-refractivity contribution in [2.75, 3.05) is 20.6 Å². The predicted octanol–water partition coefficient (Wildman–Crippen LogP) is 1.52. The molecule has 0 heterocycles. The van der Waals surface area contributed by atoms with Crippen LogP contribution in [0.1, 0.15) is 40.5 Å². The second-order valence-electron chi connectivity index (χ2n) is 6.64. The summed E-state index contributed by atoms with van der Waals surface area (Å²) in [7, 11) is 3.92. The van der Waals surface area contributed by atoms with Crippen molar-refractivity contribution in [1.82, 2.24) is 15.5 Å². The third-order valence-electron chi connectivity index (χ3n) is 2.72. The highest BCUT2D eigenvalue weighted by Gasteiger charge is 2.25. The number of urea groups is 1. The minimum absolute atomic E-state index is 0.0469. The largest absolute Gasteiger partial charge is 0.481 e. The van der Waals surface area contributed by atoms with E-state index in [9.17, 15) is 9.59 Å². The molecule has 118 valence electrons. The second-order valence-corrected chi connectivity index (χ2v) is 6.64. The Morgan fingerprint density at radius 2 is 1.80 bits per heavy atom. The van der Waals surface area contributed by atoms with Crippen molar-refractivity contribution in [2.45, 2.75) is 52.1 Å². The Morgan fingerprint density at radius 1 is 1.25 bits per heavy atom. The fraction of sp³-hybridized carbons (Fsp3) is 0.857. The average Bonchev–Trinajstić information content (AvgIpc) is 2.09. The molecule has 1 atom stereocenters. The summed E-state index contributed by atoms with van der Waals surface area (Å²) in [4.78, 5) is 24.7. The number of carbonyl (C=O) groups is 2. The van der Waals surface area contributed by atoms with Crippen molar-refractivity contribution < 1.29 is 14.7 Å². The normalized spacial score (nSPS) is 13.4. The first-order chi connectivity index (χ1) is 9.01. The highest BCUT2D eigenvalue weighted by Crippen LogP contribution is 2.09. The van der Waals surface area contributed by atoms with Crippen LogP contribution in [0.2, 0.25) is 0 Å². The summed E-state index contributed by atoms with van der Waals surface area (Å²) in [5.74, 6) is -0.449. The first-order valence-electron chi connectivity index (χ1n) is 6.97. The van der Waals surface area contributed by atoms with Crippen molar-refractivity contribution in [3.05, 3.63) is 0 Å². The van der Waals surface area contributed by atoms with Gasteiger partial charge < -0.3 is 20.6 Å². The molecular formula is C14H29N3O3.